The zero-order valence-electron chi connectivity index (χ0n) is 17.9. The van der Waals surface area contributed by atoms with Crippen molar-refractivity contribution in [3.8, 4) is 23.0 Å². The maximum atomic E-state index is 12.8. The fourth-order valence-electron chi connectivity index (χ4n) is 2.97. The van der Waals surface area contributed by atoms with Crippen molar-refractivity contribution < 1.29 is 27.4 Å². The van der Waals surface area contributed by atoms with Gasteiger partial charge in [-0.1, -0.05) is 30.3 Å². The molecule has 0 bridgehead atoms. The van der Waals surface area contributed by atoms with Crippen LogP contribution in [-0.4, -0.2) is 41.3 Å². The number of carbonyl (C=O) groups is 1. The first-order valence-electron chi connectivity index (χ1n) is 9.63. The van der Waals surface area contributed by atoms with Gasteiger partial charge in [0.2, 0.25) is 15.9 Å². The number of hydrogen-bond acceptors (Lipinski definition) is 6. The van der Waals surface area contributed by atoms with E-state index < -0.39 is 22.5 Å². The van der Waals surface area contributed by atoms with Gasteiger partial charge >= 0.3 is 0 Å². The largest absolute Gasteiger partial charge is 0.497 e. The number of anilines is 2. The average molecular weight is 457 g/mol. The van der Waals surface area contributed by atoms with Gasteiger partial charge in [0.1, 0.15) is 23.8 Å². The lowest BCUT2D eigenvalue weighted by Gasteiger charge is -2.24. The maximum absolute atomic E-state index is 12.8. The Kier molecular flexibility index (Phi) is 7.21. The van der Waals surface area contributed by atoms with Gasteiger partial charge in [0, 0.05) is 6.07 Å². The minimum atomic E-state index is -3.81. The summed E-state index contributed by atoms with van der Waals surface area (Å²) in [7, 11) is -0.823. The highest BCUT2D eigenvalue weighted by atomic mass is 32.2. The van der Waals surface area contributed by atoms with Crippen molar-refractivity contribution in [2.24, 2.45) is 0 Å². The summed E-state index contributed by atoms with van der Waals surface area (Å²) in [6, 6.07) is 20.5. The third-order valence-corrected chi connectivity index (χ3v) is 5.60. The third kappa shape index (κ3) is 5.70. The fourth-order valence-corrected chi connectivity index (χ4v) is 3.83. The molecule has 0 heterocycles. The highest BCUT2D eigenvalue weighted by molar-refractivity contribution is 7.92. The number of ether oxygens (including phenoxy) is 3. The highest BCUT2D eigenvalue weighted by Crippen LogP contribution is 2.34. The van der Waals surface area contributed by atoms with E-state index in [0.717, 1.165) is 10.6 Å². The molecule has 9 heteroatoms. The third-order valence-electron chi connectivity index (χ3n) is 4.48. The molecule has 8 nitrogen and oxygen atoms in total. The van der Waals surface area contributed by atoms with Crippen molar-refractivity contribution in [3.05, 3.63) is 72.8 Å². The van der Waals surface area contributed by atoms with E-state index >= 15 is 0 Å². The number of nitrogens with zero attached hydrogens (tertiary/aromatic N) is 1. The molecule has 0 saturated carbocycles. The van der Waals surface area contributed by atoms with Crippen molar-refractivity contribution >= 4 is 27.3 Å². The summed E-state index contributed by atoms with van der Waals surface area (Å²) in [5.41, 5.74) is 0.635. The first-order chi connectivity index (χ1) is 15.3. The Hall–Kier alpha value is -3.72. The molecule has 32 heavy (non-hydrogen) atoms. The molecule has 3 aromatic rings. The van der Waals surface area contributed by atoms with E-state index in [9.17, 15) is 13.2 Å². The monoisotopic (exact) mass is 456 g/mol. The van der Waals surface area contributed by atoms with Crippen LogP contribution in [0.15, 0.2) is 72.8 Å². The predicted molar refractivity (Wildman–Crippen MR) is 123 cm³/mol. The Balaban J connectivity index is 1.87. The molecule has 0 saturated heterocycles. The number of para-hydroxylation sites is 3. The molecule has 0 aliphatic heterocycles. The van der Waals surface area contributed by atoms with Gasteiger partial charge in [0.15, 0.2) is 5.75 Å². The molecule has 0 aliphatic carbocycles. The molecule has 0 fully saturated rings. The Morgan fingerprint density at radius 3 is 2.22 bits per heavy atom. The molecule has 3 rings (SSSR count). The first kappa shape index (κ1) is 23.0. The number of rotatable bonds is 9. The summed E-state index contributed by atoms with van der Waals surface area (Å²) in [6.07, 6.45) is 1.04. The van der Waals surface area contributed by atoms with Crippen LogP contribution in [0.3, 0.4) is 0 Å². The van der Waals surface area contributed by atoms with Gasteiger partial charge in [-0.05, 0) is 36.4 Å². The molecule has 1 N–H and O–H groups in total. The van der Waals surface area contributed by atoms with Gasteiger partial charge in [-0.25, -0.2) is 8.42 Å². The van der Waals surface area contributed by atoms with Gasteiger partial charge in [-0.3, -0.25) is 9.10 Å². The predicted octanol–water partition coefficient (Wildman–Crippen LogP) is 3.90. The minimum Gasteiger partial charge on any atom is -0.497 e. The molecular weight excluding hydrogens is 432 g/mol. The Morgan fingerprint density at radius 2 is 1.56 bits per heavy atom. The standard InChI is InChI=1S/C23H24N2O6S/c1-29-18-13-14-19(22(15-18)30-2)24-23(26)16-25(32(3,27)28)20-11-7-8-12-21(20)31-17-9-5-4-6-10-17/h4-15H,16H2,1-3H3,(H,24,26). The van der Waals surface area contributed by atoms with Crippen molar-refractivity contribution in [2.45, 2.75) is 0 Å². The molecule has 1 amide bonds. The lowest BCUT2D eigenvalue weighted by Crippen LogP contribution is -2.37. The second-order valence-corrected chi connectivity index (χ2v) is 8.67. The molecule has 168 valence electrons. The van der Waals surface area contributed by atoms with Gasteiger partial charge in [0.25, 0.3) is 0 Å². The molecule has 0 unspecified atom stereocenters. The number of nitrogens with one attached hydrogen (secondary N) is 1. The van der Waals surface area contributed by atoms with Gasteiger partial charge < -0.3 is 19.5 Å². The average Bonchev–Trinajstić information content (AvgIpc) is 2.78. The zero-order chi connectivity index (χ0) is 23.1. The summed E-state index contributed by atoms with van der Waals surface area (Å²) < 4.78 is 42.5. The second kappa shape index (κ2) is 10.1. The molecule has 0 aromatic heterocycles. The first-order valence-corrected chi connectivity index (χ1v) is 11.5. The lowest BCUT2D eigenvalue weighted by molar-refractivity contribution is -0.114. The molecular formula is C23H24N2O6S. The number of carbonyl (C=O) groups excluding carboxylic acids is 1. The van der Waals surface area contributed by atoms with Crippen molar-refractivity contribution in [3.63, 3.8) is 0 Å². The van der Waals surface area contributed by atoms with E-state index in [1.165, 1.54) is 14.2 Å². The maximum Gasteiger partial charge on any atom is 0.245 e. The van der Waals surface area contributed by atoms with Gasteiger partial charge in [-0.2, -0.15) is 0 Å². The van der Waals surface area contributed by atoms with Crippen LogP contribution in [0.2, 0.25) is 0 Å². The molecule has 3 aromatic carbocycles. The number of benzene rings is 3. The van der Waals surface area contributed by atoms with E-state index in [0.29, 0.717) is 28.7 Å². The van der Waals surface area contributed by atoms with Crippen molar-refractivity contribution in [1.82, 2.24) is 0 Å². The van der Waals surface area contributed by atoms with Crippen LogP contribution in [0.1, 0.15) is 0 Å². The molecule has 0 atom stereocenters. The number of methoxy groups -OCH3 is 2. The van der Waals surface area contributed by atoms with E-state index in [1.54, 1.807) is 54.6 Å². The summed E-state index contributed by atoms with van der Waals surface area (Å²) >= 11 is 0. The van der Waals surface area contributed by atoms with Crippen molar-refractivity contribution in [2.75, 3.05) is 36.6 Å². The SMILES string of the molecule is COc1ccc(NC(=O)CN(c2ccccc2Oc2ccccc2)S(C)(=O)=O)c(OC)c1. The summed E-state index contributed by atoms with van der Waals surface area (Å²) in [5, 5.41) is 2.69. The van der Waals surface area contributed by atoms with Crippen LogP contribution in [0.4, 0.5) is 11.4 Å². The van der Waals surface area contributed by atoms with Gasteiger partial charge in [-0.15, -0.1) is 0 Å². The van der Waals surface area contributed by atoms with Crippen molar-refractivity contribution in [1.29, 1.82) is 0 Å². The lowest BCUT2D eigenvalue weighted by atomic mass is 10.2. The van der Waals surface area contributed by atoms with E-state index in [2.05, 4.69) is 5.32 Å². The minimum absolute atomic E-state index is 0.246. The highest BCUT2D eigenvalue weighted by Gasteiger charge is 2.24. The van der Waals surface area contributed by atoms with E-state index in [-0.39, 0.29) is 5.69 Å². The van der Waals surface area contributed by atoms with Crippen LogP contribution >= 0.6 is 0 Å². The summed E-state index contributed by atoms with van der Waals surface area (Å²) in [6.45, 7) is -0.455. The van der Waals surface area contributed by atoms with Crippen LogP contribution < -0.4 is 23.8 Å². The summed E-state index contributed by atoms with van der Waals surface area (Å²) in [4.78, 5) is 12.8. The number of sulfonamides is 1. The Bertz CT molecular complexity index is 1180. The molecule has 0 radical (unpaired) electrons. The summed E-state index contributed by atoms with van der Waals surface area (Å²) in [5.74, 6) is 1.24. The number of amides is 1. The normalized spacial score (nSPS) is 10.8. The zero-order valence-corrected chi connectivity index (χ0v) is 18.8. The van der Waals surface area contributed by atoms with Crippen LogP contribution in [0, 0.1) is 0 Å². The smallest absolute Gasteiger partial charge is 0.245 e. The Morgan fingerprint density at radius 1 is 0.875 bits per heavy atom. The van der Waals surface area contributed by atoms with E-state index in [4.69, 9.17) is 14.2 Å². The van der Waals surface area contributed by atoms with Crippen LogP contribution in [0.5, 0.6) is 23.0 Å². The Labute approximate surface area is 187 Å². The van der Waals surface area contributed by atoms with Gasteiger partial charge in [0.05, 0.1) is 31.9 Å². The van der Waals surface area contributed by atoms with Crippen LogP contribution in [0.25, 0.3) is 0 Å². The molecule has 0 spiro atoms. The van der Waals surface area contributed by atoms with Crippen LogP contribution in [-0.2, 0) is 14.8 Å². The van der Waals surface area contributed by atoms with E-state index in [1.807, 2.05) is 18.2 Å². The number of hydrogen-bond donors (Lipinski definition) is 1. The topological polar surface area (TPSA) is 94.2 Å². The quantitative estimate of drug-likeness (QED) is 0.525. The molecule has 0 aliphatic rings. The second-order valence-electron chi connectivity index (χ2n) is 6.77. The fraction of sp³-hybridized carbons (Fsp3) is 0.174.